The van der Waals surface area contributed by atoms with E-state index in [0.717, 1.165) is 41.4 Å². The van der Waals surface area contributed by atoms with Crippen LogP contribution in [0, 0.1) is 5.92 Å². The maximum atomic E-state index is 12.9. The van der Waals surface area contributed by atoms with Gasteiger partial charge in [-0.15, -0.1) is 0 Å². The molecule has 0 fully saturated rings. The second kappa shape index (κ2) is 9.14. The van der Waals surface area contributed by atoms with Gasteiger partial charge in [-0.05, 0) is 48.7 Å². The molecule has 0 spiro atoms. The Kier molecular flexibility index (Phi) is 6.39. The van der Waals surface area contributed by atoms with Gasteiger partial charge in [0.1, 0.15) is 0 Å². The van der Waals surface area contributed by atoms with E-state index in [1.807, 2.05) is 30.3 Å². The summed E-state index contributed by atoms with van der Waals surface area (Å²) in [6.45, 7) is 2.10. The van der Waals surface area contributed by atoms with Gasteiger partial charge in [0, 0.05) is 22.6 Å². The molecule has 0 aliphatic carbocycles. The Morgan fingerprint density at radius 1 is 1.18 bits per heavy atom. The minimum atomic E-state index is -0.555. The van der Waals surface area contributed by atoms with Crippen molar-refractivity contribution in [3.63, 3.8) is 0 Å². The lowest BCUT2D eigenvalue weighted by Gasteiger charge is -2.17. The summed E-state index contributed by atoms with van der Waals surface area (Å²) < 4.78 is 0. The molecule has 3 rings (SSSR count). The number of anilines is 1. The molecule has 0 aliphatic heterocycles. The molecule has 0 aliphatic rings. The van der Waals surface area contributed by atoms with Crippen LogP contribution >= 0.6 is 0 Å². The van der Waals surface area contributed by atoms with Crippen LogP contribution in [0.3, 0.4) is 0 Å². The predicted octanol–water partition coefficient (Wildman–Crippen LogP) is 3.67. The highest BCUT2D eigenvalue weighted by Crippen LogP contribution is 2.21. The van der Waals surface area contributed by atoms with E-state index < -0.39 is 5.91 Å². The SMILES string of the molecule is CCCCC(Cc1ccc(C(=O)NO)cc1)C(=O)Nc1ccc2cn[nH]c2c1. The number of hydrogen-bond donors (Lipinski definition) is 4. The molecular weight excluding hydrogens is 356 g/mol. The first-order chi connectivity index (χ1) is 13.6. The molecule has 0 bridgehead atoms. The fourth-order valence-corrected chi connectivity index (χ4v) is 3.18. The number of fused-ring (bicyclic) bond motifs is 1. The lowest BCUT2D eigenvalue weighted by Crippen LogP contribution is -2.25. The van der Waals surface area contributed by atoms with Gasteiger partial charge >= 0.3 is 0 Å². The van der Waals surface area contributed by atoms with E-state index in [-0.39, 0.29) is 11.8 Å². The van der Waals surface area contributed by atoms with Gasteiger partial charge in [-0.25, -0.2) is 5.48 Å². The number of hydroxylamine groups is 1. The van der Waals surface area contributed by atoms with Gasteiger partial charge in [-0.2, -0.15) is 5.10 Å². The molecule has 1 unspecified atom stereocenters. The fourth-order valence-electron chi connectivity index (χ4n) is 3.18. The molecule has 7 heteroatoms. The lowest BCUT2D eigenvalue weighted by molar-refractivity contribution is -0.120. The summed E-state index contributed by atoms with van der Waals surface area (Å²) in [5.74, 6) is -0.750. The number of nitrogens with zero attached hydrogens (tertiary/aromatic N) is 1. The molecule has 7 nitrogen and oxygen atoms in total. The van der Waals surface area contributed by atoms with Crippen LogP contribution in [-0.4, -0.2) is 27.2 Å². The number of aromatic amines is 1. The van der Waals surface area contributed by atoms with Crippen molar-refractivity contribution < 1.29 is 14.8 Å². The van der Waals surface area contributed by atoms with Crippen molar-refractivity contribution in [2.45, 2.75) is 32.6 Å². The zero-order chi connectivity index (χ0) is 19.9. The average Bonchev–Trinajstić information content (AvgIpc) is 3.18. The van der Waals surface area contributed by atoms with E-state index in [0.29, 0.717) is 12.0 Å². The maximum Gasteiger partial charge on any atom is 0.274 e. The summed E-state index contributed by atoms with van der Waals surface area (Å²) in [6, 6.07) is 12.6. The van der Waals surface area contributed by atoms with Gasteiger partial charge in [0.15, 0.2) is 0 Å². The van der Waals surface area contributed by atoms with E-state index in [1.165, 1.54) is 0 Å². The van der Waals surface area contributed by atoms with Gasteiger partial charge in [0.05, 0.1) is 11.7 Å². The summed E-state index contributed by atoms with van der Waals surface area (Å²) in [7, 11) is 0. The number of rotatable bonds is 8. The van der Waals surface area contributed by atoms with E-state index in [2.05, 4.69) is 22.4 Å². The zero-order valence-electron chi connectivity index (χ0n) is 15.7. The molecule has 1 aromatic heterocycles. The van der Waals surface area contributed by atoms with Crippen LogP contribution in [0.25, 0.3) is 10.9 Å². The first-order valence-corrected chi connectivity index (χ1v) is 9.38. The Morgan fingerprint density at radius 2 is 1.96 bits per heavy atom. The number of nitrogens with one attached hydrogen (secondary N) is 3. The largest absolute Gasteiger partial charge is 0.326 e. The summed E-state index contributed by atoms with van der Waals surface area (Å²) >= 11 is 0. The number of hydrogen-bond acceptors (Lipinski definition) is 4. The predicted molar refractivity (Wildman–Crippen MR) is 107 cm³/mol. The summed E-state index contributed by atoms with van der Waals surface area (Å²) in [5, 5.41) is 19.6. The van der Waals surface area contributed by atoms with Crippen LogP contribution in [0.4, 0.5) is 5.69 Å². The Labute approximate surface area is 163 Å². The highest BCUT2D eigenvalue weighted by molar-refractivity contribution is 5.95. The molecule has 1 atom stereocenters. The van der Waals surface area contributed by atoms with Crippen LogP contribution in [0.2, 0.25) is 0 Å². The Morgan fingerprint density at radius 3 is 2.68 bits per heavy atom. The van der Waals surface area contributed by atoms with Crippen molar-refractivity contribution >= 4 is 28.4 Å². The molecule has 0 radical (unpaired) electrons. The van der Waals surface area contributed by atoms with Crippen molar-refractivity contribution in [3.8, 4) is 0 Å². The third kappa shape index (κ3) is 4.75. The molecule has 3 aromatic rings. The lowest BCUT2D eigenvalue weighted by atomic mass is 9.92. The van der Waals surface area contributed by atoms with Crippen molar-refractivity contribution in [2.75, 3.05) is 5.32 Å². The molecule has 4 N–H and O–H groups in total. The van der Waals surface area contributed by atoms with E-state index in [4.69, 9.17) is 5.21 Å². The number of H-pyrrole nitrogens is 1. The number of aromatic nitrogens is 2. The van der Waals surface area contributed by atoms with Gasteiger partial charge < -0.3 is 5.32 Å². The molecule has 0 saturated carbocycles. The van der Waals surface area contributed by atoms with Crippen LogP contribution in [-0.2, 0) is 11.2 Å². The molecule has 2 amide bonds. The van der Waals surface area contributed by atoms with E-state index in [9.17, 15) is 9.59 Å². The normalized spacial score (nSPS) is 11.9. The standard InChI is InChI=1S/C21H24N4O3/c1-2-3-4-16(11-14-5-7-15(8-6-14)21(27)25-28)20(26)23-18-10-9-17-13-22-24-19(17)12-18/h5-10,12-13,16,28H,2-4,11H2,1H3,(H,22,24)(H,23,26)(H,25,27). The molecule has 146 valence electrons. The van der Waals surface area contributed by atoms with Crippen LogP contribution in [0.15, 0.2) is 48.7 Å². The van der Waals surface area contributed by atoms with Gasteiger partial charge in [-0.1, -0.05) is 31.9 Å². The number of carbonyl (C=O) groups excluding carboxylic acids is 2. The number of amides is 2. The molecule has 2 aromatic carbocycles. The second-order valence-electron chi connectivity index (χ2n) is 6.84. The first kappa shape index (κ1) is 19.6. The summed E-state index contributed by atoms with van der Waals surface area (Å²) in [4.78, 5) is 24.3. The molecule has 0 saturated heterocycles. The molecule has 28 heavy (non-hydrogen) atoms. The van der Waals surface area contributed by atoms with Crippen LogP contribution in [0.1, 0.15) is 42.1 Å². The Balaban J connectivity index is 1.71. The second-order valence-corrected chi connectivity index (χ2v) is 6.84. The average molecular weight is 380 g/mol. The van der Waals surface area contributed by atoms with Gasteiger partial charge in [0.25, 0.3) is 5.91 Å². The Bertz CT molecular complexity index is 950. The maximum absolute atomic E-state index is 12.9. The van der Waals surface area contributed by atoms with Crippen molar-refractivity contribution in [2.24, 2.45) is 5.92 Å². The number of benzene rings is 2. The van der Waals surface area contributed by atoms with E-state index >= 15 is 0 Å². The third-order valence-electron chi connectivity index (χ3n) is 4.79. The highest BCUT2D eigenvalue weighted by Gasteiger charge is 2.19. The van der Waals surface area contributed by atoms with Crippen molar-refractivity contribution in [1.29, 1.82) is 0 Å². The topological polar surface area (TPSA) is 107 Å². The minimum absolute atomic E-state index is 0.0236. The third-order valence-corrected chi connectivity index (χ3v) is 4.79. The monoisotopic (exact) mass is 380 g/mol. The number of carbonyl (C=O) groups is 2. The van der Waals surface area contributed by atoms with E-state index in [1.54, 1.807) is 23.8 Å². The molecular formula is C21H24N4O3. The quantitative estimate of drug-likeness (QED) is 0.353. The first-order valence-electron chi connectivity index (χ1n) is 9.38. The van der Waals surface area contributed by atoms with Crippen LogP contribution < -0.4 is 10.8 Å². The van der Waals surface area contributed by atoms with Gasteiger partial charge in [-0.3, -0.25) is 19.9 Å². The minimum Gasteiger partial charge on any atom is -0.326 e. The number of unbranched alkanes of at least 4 members (excludes halogenated alkanes) is 1. The summed E-state index contributed by atoms with van der Waals surface area (Å²) in [5.41, 5.74) is 4.56. The summed E-state index contributed by atoms with van der Waals surface area (Å²) in [6.07, 6.45) is 5.08. The molecule has 1 heterocycles. The fraction of sp³-hybridized carbons (Fsp3) is 0.286. The van der Waals surface area contributed by atoms with Crippen molar-refractivity contribution in [3.05, 3.63) is 59.8 Å². The highest BCUT2D eigenvalue weighted by atomic mass is 16.5. The Hall–Kier alpha value is -3.19. The van der Waals surface area contributed by atoms with Gasteiger partial charge in [0.2, 0.25) is 5.91 Å². The smallest absolute Gasteiger partial charge is 0.274 e. The van der Waals surface area contributed by atoms with Crippen LogP contribution in [0.5, 0.6) is 0 Å². The van der Waals surface area contributed by atoms with Crippen molar-refractivity contribution in [1.82, 2.24) is 15.7 Å². The zero-order valence-corrected chi connectivity index (χ0v) is 15.7.